The number of aromatic nitrogens is 3. The second-order valence-electron chi connectivity index (χ2n) is 6.87. The average molecular weight is 396 g/mol. The van der Waals surface area contributed by atoms with Gasteiger partial charge in [-0.1, -0.05) is 23.5 Å². The summed E-state index contributed by atoms with van der Waals surface area (Å²) in [4.78, 5) is 30.3. The Kier molecular flexibility index (Phi) is 4.72. The van der Waals surface area contributed by atoms with Gasteiger partial charge in [-0.25, -0.2) is 9.78 Å². The van der Waals surface area contributed by atoms with Gasteiger partial charge in [-0.3, -0.25) is 9.48 Å². The van der Waals surface area contributed by atoms with Crippen LogP contribution in [0, 0.1) is 6.92 Å². The second-order valence-corrected chi connectivity index (χ2v) is 7.88. The fraction of sp³-hybridized carbons (Fsp3) is 0.300. The van der Waals surface area contributed by atoms with Crippen LogP contribution in [0.15, 0.2) is 30.4 Å². The van der Waals surface area contributed by atoms with Crippen molar-refractivity contribution in [3.8, 4) is 0 Å². The Balaban J connectivity index is 1.79. The van der Waals surface area contributed by atoms with Gasteiger partial charge in [0, 0.05) is 29.9 Å². The molecule has 28 heavy (non-hydrogen) atoms. The van der Waals surface area contributed by atoms with E-state index in [1.54, 1.807) is 29.0 Å². The van der Waals surface area contributed by atoms with Crippen LogP contribution < -0.4 is 4.90 Å². The number of aromatic carboxylic acids is 1. The summed E-state index contributed by atoms with van der Waals surface area (Å²) in [5.74, 6) is -1.07. The molecule has 0 fully saturated rings. The number of ketones is 1. The SMILES string of the molecule is CC(=O)c1cc(Cn2nc(C(=O)O)cc2C)c2nc(N3CC=CCC3)sc2c1. The van der Waals surface area contributed by atoms with Crippen molar-refractivity contribution in [3.63, 3.8) is 0 Å². The lowest BCUT2D eigenvalue weighted by atomic mass is 10.1. The van der Waals surface area contributed by atoms with Crippen molar-refractivity contribution in [1.29, 1.82) is 0 Å². The lowest BCUT2D eigenvalue weighted by Gasteiger charge is -2.22. The predicted molar refractivity (Wildman–Crippen MR) is 109 cm³/mol. The molecule has 144 valence electrons. The molecule has 0 amide bonds. The summed E-state index contributed by atoms with van der Waals surface area (Å²) in [6, 6.07) is 5.27. The molecule has 0 aliphatic carbocycles. The molecule has 0 saturated carbocycles. The van der Waals surface area contributed by atoms with Crippen molar-refractivity contribution in [3.05, 3.63) is 52.9 Å². The summed E-state index contributed by atoms with van der Waals surface area (Å²) in [6.07, 6.45) is 5.30. The third-order valence-electron chi connectivity index (χ3n) is 4.82. The topological polar surface area (TPSA) is 88.3 Å². The smallest absolute Gasteiger partial charge is 0.356 e. The van der Waals surface area contributed by atoms with Crippen LogP contribution in [-0.2, 0) is 6.54 Å². The Labute approximate surface area is 165 Å². The second kappa shape index (κ2) is 7.20. The fourth-order valence-electron chi connectivity index (χ4n) is 3.30. The number of rotatable bonds is 5. The molecule has 0 bridgehead atoms. The lowest BCUT2D eigenvalue weighted by Crippen LogP contribution is -2.26. The number of nitrogens with zero attached hydrogens (tertiary/aromatic N) is 4. The van der Waals surface area contributed by atoms with Crippen LogP contribution in [0.4, 0.5) is 5.13 Å². The number of aryl methyl sites for hydroxylation is 1. The van der Waals surface area contributed by atoms with E-state index in [0.717, 1.165) is 46.1 Å². The van der Waals surface area contributed by atoms with Crippen molar-refractivity contribution < 1.29 is 14.7 Å². The average Bonchev–Trinajstić information content (AvgIpc) is 3.26. The van der Waals surface area contributed by atoms with Gasteiger partial charge in [0.2, 0.25) is 0 Å². The van der Waals surface area contributed by atoms with Crippen molar-refractivity contribution in [1.82, 2.24) is 14.8 Å². The van der Waals surface area contributed by atoms with E-state index in [4.69, 9.17) is 4.98 Å². The van der Waals surface area contributed by atoms with E-state index in [2.05, 4.69) is 22.2 Å². The zero-order valence-electron chi connectivity index (χ0n) is 15.7. The van der Waals surface area contributed by atoms with Crippen LogP contribution in [0.3, 0.4) is 0 Å². The summed E-state index contributed by atoms with van der Waals surface area (Å²) in [5, 5.41) is 14.3. The molecule has 1 aromatic carbocycles. The number of carboxylic acids is 1. The van der Waals surface area contributed by atoms with Crippen LogP contribution in [0.2, 0.25) is 0 Å². The number of carbonyl (C=O) groups excluding carboxylic acids is 1. The summed E-state index contributed by atoms with van der Waals surface area (Å²) < 4.78 is 2.60. The first-order valence-electron chi connectivity index (χ1n) is 9.04. The van der Waals surface area contributed by atoms with Gasteiger partial charge in [-0.2, -0.15) is 5.10 Å². The first kappa shape index (κ1) is 18.4. The molecular formula is C20H20N4O3S. The van der Waals surface area contributed by atoms with Gasteiger partial charge in [0.15, 0.2) is 16.6 Å². The summed E-state index contributed by atoms with van der Waals surface area (Å²) >= 11 is 1.58. The predicted octanol–water partition coefficient (Wildman–Crippen LogP) is 3.52. The summed E-state index contributed by atoms with van der Waals surface area (Å²) in [5.41, 5.74) is 3.08. The Morgan fingerprint density at radius 2 is 2.07 bits per heavy atom. The maximum absolute atomic E-state index is 12.0. The monoisotopic (exact) mass is 396 g/mol. The van der Waals surface area contributed by atoms with E-state index in [-0.39, 0.29) is 11.5 Å². The molecule has 0 saturated heterocycles. The molecule has 1 aliphatic heterocycles. The molecule has 0 radical (unpaired) electrons. The van der Waals surface area contributed by atoms with Crippen LogP contribution in [0.1, 0.15) is 45.4 Å². The minimum absolute atomic E-state index is 0.00976. The van der Waals surface area contributed by atoms with E-state index < -0.39 is 5.97 Å². The number of hydrogen-bond acceptors (Lipinski definition) is 6. The first-order chi connectivity index (χ1) is 13.4. The highest BCUT2D eigenvalue weighted by molar-refractivity contribution is 7.22. The first-order valence-corrected chi connectivity index (χ1v) is 9.86. The summed E-state index contributed by atoms with van der Waals surface area (Å²) in [7, 11) is 0. The third-order valence-corrected chi connectivity index (χ3v) is 5.88. The van der Waals surface area contributed by atoms with Gasteiger partial charge in [0.25, 0.3) is 0 Å². The molecule has 2 aromatic heterocycles. The van der Waals surface area contributed by atoms with Gasteiger partial charge in [-0.15, -0.1) is 0 Å². The van der Waals surface area contributed by atoms with Gasteiger partial charge in [0.05, 0.1) is 16.8 Å². The standard InChI is InChI=1S/C20H20N4O3S/c1-12-8-16(19(26)27)22-24(12)11-15-9-14(13(2)25)10-17-18(15)21-20(28-17)23-6-4-3-5-7-23/h3-4,8-10H,5-7,11H2,1-2H3,(H,26,27). The van der Waals surface area contributed by atoms with E-state index in [9.17, 15) is 14.7 Å². The van der Waals surface area contributed by atoms with Gasteiger partial charge < -0.3 is 10.0 Å². The highest BCUT2D eigenvalue weighted by atomic mass is 32.1. The Morgan fingerprint density at radius 1 is 1.25 bits per heavy atom. The van der Waals surface area contributed by atoms with E-state index in [0.29, 0.717) is 12.1 Å². The number of anilines is 1. The zero-order valence-corrected chi connectivity index (χ0v) is 16.5. The number of thiazole rings is 1. The molecule has 0 atom stereocenters. The number of carboxylic acid groups (broad SMARTS) is 1. The van der Waals surface area contributed by atoms with E-state index in [1.807, 2.05) is 19.1 Å². The number of carbonyl (C=O) groups is 2. The molecule has 8 heteroatoms. The van der Waals surface area contributed by atoms with Crippen LogP contribution in [-0.4, -0.2) is 44.7 Å². The third kappa shape index (κ3) is 3.43. The maximum atomic E-state index is 12.0. The van der Waals surface area contributed by atoms with Crippen molar-refractivity contribution in [2.45, 2.75) is 26.8 Å². The quantitative estimate of drug-likeness (QED) is 0.524. The Morgan fingerprint density at radius 3 is 2.71 bits per heavy atom. The molecule has 7 nitrogen and oxygen atoms in total. The van der Waals surface area contributed by atoms with E-state index >= 15 is 0 Å². The van der Waals surface area contributed by atoms with E-state index in [1.165, 1.54) is 0 Å². The number of Topliss-reactive ketones (excluding diaryl/α,β-unsaturated/α-hetero) is 1. The molecule has 4 rings (SSSR count). The number of fused-ring (bicyclic) bond motifs is 1. The molecule has 0 spiro atoms. The number of hydrogen-bond donors (Lipinski definition) is 1. The zero-order chi connectivity index (χ0) is 19.8. The lowest BCUT2D eigenvalue weighted by molar-refractivity contribution is 0.0689. The van der Waals surface area contributed by atoms with Gasteiger partial charge >= 0.3 is 5.97 Å². The minimum Gasteiger partial charge on any atom is -0.476 e. The highest BCUT2D eigenvalue weighted by Gasteiger charge is 2.18. The van der Waals surface area contributed by atoms with Crippen LogP contribution in [0.5, 0.6) is 0 Å². The van der Waals surface area contributed by atoms with Gasteiger partial charge in [0.1, 0.15) is 0 Å². The molecule has 1 N–H and O–H groups in total. The summed E-state index contributed by atoms with van der Waals surface area (Å²) in [6.45, 7) is 5.47. The maximum Gasteiger partial charge on any atom is 0.356 e. The van der Waals surface area contributed by atoms with Gasteiger partial charge in [-0.05, 0) is 38.5 Å². The normalized spacial score (nSPS) is 14.0. The molecule has 1 aliphatic rings. The molecule has 3 aromatic rings. The minimum atomic E-state index is -1.06. The fourth-order valence-corrected chi connectivity index (χ4v) is 4.39. The van der Waals surface area contributed by atoms with Crippen molar-refractivity contribution in [2.75, 3.05) is 18.0 Å². The van der Waals surface area contributed by atoms with Crippen molar-refractivity contribution in [2.24, 2.45) is 0 Å². The molecular weight excluding hydrogens is 376 g/mol. The van der Waals surface area contributed by atoms with Crippen molar-refractivity contribution >= 4 is 38.4 Å². The largest absolute Gasteiger partial charge is 0.476 e. The van der Waals surface area contributed by atoms with Crippen LogP contribution >= 0.6 is 11.3 Å². The Hall–Kier alpha value is -3.00. The highest BCUT2D eigenvalue weighted by Crippen LogP contribution is 2.33. The number of benzene rings is 1. The van der Waals surface area contributed by atoms with Crippen LogP contribution in [0.25, 0.3) is 10.2 Å². The molecule has 0 unspecified atom stereocenters. The Bertz CT molecular complexity index is 1110. The molecule has 3 heterocycles.